The summed E-state index contributed by atoms with van der Waals surface area (Å²) < 4.78 is 6.21. The first-order valence-electron chi connectivity index (χ1n) is 6.86. The van der Waals surface area contributed by atoms with Gasteiger partial charge in [0.2, 0.25) is 0 Å². The van der Waals surface area contributed by atoms with Crippen LogP contribution in [0, 0.1) is 0 Å². The third-order valence-corrected chi connectivity index (χ3v) is 4.14. The van der Waals surface area contributed by atoms with Crippen LogP contribution >= 0.6 is 15.9 Å². The molecule has 4 nitrogen and oxygen atoms in total. The van der Waals surface area contributed by atoms with Gasteiger partial charge in [0, 0.05) is 23.1 Å². The molecule has 1 saturated heterocycles. The maximum absolute atomic E-state index is 12.1. The van der Waals surface area contributed by atoms with Gasteiger partial charge >= 0.3 is 0 Å². The number of likely N-dealkylation sites (tertiary alicyclic amines) is 1. The van der Waals surface area contributed by atoms with E-state index in [4.69, 9.17) is 4.74 Å². The van der Waals surface area contributed by atoms with Gasteiger partial charge < -0.3 is 9.64 Å². The highest BCUT2D eigenvalue weighted by Crippen LogP contribution is 2.21. The molecule has 1 aliphatic rings. The molecule has 0 N–H and O–H groups in total. The molecule has 1 aromatic carbocycles. The second-order valence-corrected chi connectivity index (χ2v) is 5.74. The van der Waals surface area contributed by atoms with E-state index in [1.807, 2.05) is 4.90 Å². The Balaban J connectivity index is 1.90. The third-order valence-electron chi connectivity index (χ3n) is 3.42. The monoisotopic (exact) mass is 339 g/mol. The van der Waals surface area contributed by atoms with Crippen LogP contribution < -0.4 is 4.74 Å². The molecule has 0 bridgehead atoms. The number of hydrogen-bond donors (Lipinski definition) is 0. The van der Waals surface area contributed by atoms with Gasteiger partial charge in [-0.25, -0.2) is 0 Å². The predicted octanol–water partition coefficient (Wildman–Crippen LogP) is 3.04. The molecule has 1 heterocycles. The zero-order chi connectivity index (χ0) is 14.4. The summed E-state index contributed by atoms with van der Waals surface area (Å²) in [5, 5.41) is 0. The Kier molecular flexibility index (Phi) is 5.59. The SMILES string of the molecule is O=Cc1cc(OCC(=O)N2CCCCCC2)ccc1Br. The van der Waals surface area contributed by atoms with Crippen LogP contribution in [0.4, 0.5) is 0 Å². The highest BCUT2D eigenvalue weighted by atomic mass is 79.9. The van der Waals surface area contributed by atoms with Crippen molar-refractivity contribution in [2.45, 2.75) is 25.7 Å². The first kappa shape index (κ1) is 15.0. The lowest BCUT2D eigenvalue weighted by Gasteiger charge is -2.20. The topological polar surface area (TPSA) is 46.6 Å². The molecule has 0 radical (unpaired) electrons. The summed E-state index contributed by atoms with van der Waals surface area (Å²) in [6.45, 7) is 1.67. The lowest BCUT2D eigenvalue weighted by Crippen LogP contribution is -2.35. The van der Waals surface area contributed by atoms with E-state index in [0.717, 1.165) is 36.7 Å². The zero-order valence-electron chi connectivity index (χ0n) is 11.3. The summed E-state index contributed by atoms with van der Waals surface area (Å²) >= 11 is 3.28. The van der Waals surface area contributed by atoms with Crippen molar-refractivity contribution in [2.24, 2.45) is 0 Å². The summed E-state index contributed by atoms with van der Waals surface area (Å²) in [5.41, 5.74) is 0.518. The maximum atomic E-state index is 12.1. The second kappa shape index (κ2) is 7.43. The highest BCUT2D eigenvalue weighted by Gasteiger charge is 2.16. The third kappa shape index (κ3) is 4.07. The van der Waals surface area contributed by atoms with Gasteiger partial charge in [0.1, 0.15) is 5.75 Å². The van der Waals surface area contributed by atoms with Gasteiger partial charge in [-0.2, -0.15) is 0 Å². The van der Waals surface area contributed by atoms with E-state index >= 15 is 0 Å². The fourth-order valence-corrected chi connectivity index (χ4v) is 2.60. The van der Waals surface area contributed by atoms with Crippen LogP contribution in [0.5, 0.6) is 5.75 Å². The minimum absolute atomic E-state index is 0.0162. The largest absolute Gasteiger partial charge is 0.484 e. The van der Waals surface area contributed by atoms with E-state index in [2.05, 4.69) is 15.9 Å². The number of halogens is 1. The number of benzene rings is 1. The number of nitrogens with zero attached hydrogens (tertiary/aromatic N) is 1. The molecule has 1 aromatic rings. The van der Waals surface area contributed by atoms with Crippen molar-refractivity contribution >= 4 is 28.1 Å². The molecule has 0 spiro atoms. The Bertz CT molecular complexity index is 482. The number of carbonyl (C=O) groups excluding carboxylic acids is 2. The lowest BCUT2D eigenvalue weighted by atomic mass is 10.2. The van der Waals surface area contributed by atoms with Crippen LogP contribution in [-0.2, 0) is 4.79 Å². The molecule has 0 unspecified atom stereocenters. The molecule has 0 saturated carbocycles. The van der Waals surface area contributed by atoms with Gasteiger partial charge in [-0.05, 0) is 31.0 Å². The molecule has 2 rings (SSSR count). The van der Waals surface area contributed by atoms with Gasteiger partial charge in [0.05, 0.1) is 0 Å². The minimum atomic E-state index is 0.0162. The Hall–Kier alpha value is -1.36. The van der Waals surface area contributed by atoms with Gasteiger partial charge in [0.15, 0.2) is 12.9 Å². The molecule has 0 aromatic heterocycles. The standard InChI is InChI=1S/C15H18BrNO3/c16-14-6-5-13(9-12(14)10-18)20-11-15(19)17-7-3-1-2-4-8-17/h5-6,9-10H,1-4,7-8,11H2. The average molecular weight is 340 g/mol. The smallest absolute Gasteiger partial charge is 0.260 e. The summed E-state index contributed by atoms with van der Waals surface area (Å²) in [5.74, 6) is 0.556. The van der Waals surface area contributed by atoms with E-state index in [-0.39, 0.29) is 12.5 Å². The average Bonchev–Trinajstić information content (AvgIpc) is 2.75. The molecule has 108 valence electrons. The Morgan fingerprint density at radius 2 is 1.95 bits per heavy atom. The first-order valence-corrected chi connectivity index (χ1v) is 7.65. The van der Waals surface area contributed by atoms with Crippen LogP contribution in [0.1, 0.15) is 36.0 Å². The lowest BCUT2D eigenvalue weighted by molar-refractivity contribution is -0.133. The molecule has 20 heavy (non-hydrogen) atoms. The number of amides is 1. The number of rotatable bonds is 4. The van der Waals surface area contributed by atoms with Gasteiger partial charge in [-0.1, -0.05) is 28.8 Å². The van der Waals surface area contributed by atoms with Crippen LogP contribution in [0.15, 0.2) is 22.7 Å². The summed E-state index contributed by atoms with van der Waals surface area (Å²) in [6, 6.07) is 5.12. The molecule has 1 aliphatic heterocycles. The van der Waals surface area contributed by atoms with Crippen molar-refractivity contribution in [3.63, 3.8) is 0 Å². The van der Waals surface area contributed by atoms with Crippen molar-refractivity contribution in [3.8, 4) is 5.75 Å². The van der Waals surface area contributed by atoms with Gasteiger partial charge in [0.25, 0.3) is 5.91 Å². The Labute approximate surface area is 127 Å². The second-order valence-electron chi connectivity index (χ2n) is 4.88. The Morgan fingerprint density at radius 3 is 2.60 bits per heavy atom. The van der Waals surface area contributed by atoms with Gasteiger partial charge in [-0.3, -0.25) is 9.59 Å². The molecule has 0 aliphatic carbocycles. The van der Waals surface area contributed by atoms with Crippen molar-refractivity contribution in [2.75, 3.05) is 19.7 Å². The van der Waals surface area contributed by atoms with Crippen molar-refractivity contribution in [3.05, 3.63) is 28.2 Å². The number of hydrogen-bond acceptors (Lipinski definition) is 3. The van der Waals surface area contributed by atoms with Crippen LogP contribution in [0.3, 0.4) is 0 Å². The van der Waals surface area contributed by atoms with Crippen molar-refractivity contribution in [1.29, 1.82) is 0 Å². The van der Waals surface area contributed by atoms with Crippen LogP contribution in [0.2, 0.25) is 0 Å². The van der Waals surface area contributed by atoms with E-state index in [1.165, 1.54) is 12.8 Å². The molecule has 1 fully saturated rings. The van der Waals surface area contributed by atoms with Gasteiger partial charge in [-0.15, -0.1) is 0 Å². The van der Waals surface area contributed by atoms with Crippen molar-refractivity contribution in [1.82, 2.24) is 4.90 Å². The summed E-state index contributed by atoms with van der Waals surface area (Å²) in [6.07, 6.45) is 5.28. The first-order chi connectivity index (χ1) is 9.70. The molecular formula is C15H18BrNO3. The summed E-state index contributed by atoms with van der Waals surface area (Å²) in [4.78, 5) is 24.8. The molecular weight excluding hydrogens is 322 g/mol. The Morgan fingerprint density at radius 1 is 1.25 bits per heavy atom. The molecule has 1 amide bonds. The minimum Gasteiger partial charge on any atom is -0.484 e. The fourth-order valence-electron chi connectivity index (χ4n) is 2.26. The highest BCUT2D eigenvalue weighted by molar-refractivity contribution is 9.10. The van der Waals surface area contributed by atoms with E-state index in [9.17, 15) is 9.59 Å². The zero-order valence-corrected chi connectivity index (χ0v) is 12.9. The normalized spacial score (nSPS) is 15.6. The van der Waals surface area contributed by atoms with Crippen LogP contribution in [-0.4, -0.2) is 36.8 Å². The van der Waals surface area contributed by atoms with E-state index in [0.29, 0.717) is 11.3 Å². The van der Waals surface area contributed by atoms with E-state index < -0.39 is 0 Å². The number of aldehydes is 1. The molecule has 5 heteroatoms. The molecule has 0 atom stereocenters. The van der Waals surface area contributed by atoms with Crippen molar-refractivity contribution < 1.29 is 14.3 Å². The number of carbonyl (C=O) groups is 2. The summed E-state index contributed by atoms with van der Waals surface area (Å²) in [7, 11) is 0. The van der Waals surface area contributed by atoms with Crippen LogP contribution in [0.25, 0.3) is 0 Å². The maximum Gasteiger partial charge on any atom is 0.260 e. The quantitative estimate of drug-likeness (QED) is 0.792. The number of ether oxygens (including phenoxy) is 1. The van der Waals surface area contributed by atoms with E-state index in [1.54, 1.807) is 18.2 Å². The predicted molar refractivity (Wildman–Crippen MR) is 80.1 cm³/mol. The fraction of sp³-hybridized carbons (Fsp3) is 0.467.